The summed E-state index contributed by atoms with van der Waals surface area (Å²) in [5.41, 5.74) is 0.321. The van der Waals surface area contributed by atoms with Gasteiger partial charge in [0.1, 0.15) is 4.90 Å². The third-order valence-electron chi connectivity index (χ3n) is 3.39. The lowest BCUT2D eigenvalue weighted by molar-refractivity contribution is 0.0696. The molecule has 1 rings (SSSR count). The molecule has 0 aliphatic carbocycles. The average Bonchev–Trinajstić information content (AvgIpc) is 2.51. The second kappa shape index (κ2) is 9.61. The first-order chi connectivity index (χ1) is 11.3. The van der Waals surface area contributed by atoms with Crippen LogP contribution in [0.3, 0.4) is 0 Å². The molecule has 0 aromatic heterocycles. The number of aromatic carboxylic acids is 1. The Morgan fingerprint density at radius 1 is 1.33 bits per heavy atom. The van der Waals surface area contributed by atoms with Crippen LogP contribution in [-0.4, -0.2) is 45.8 Å². The van der Waals surface area contributed by atoms with Gasteiger partial charge in [0, 0.05) is 19.7 Å². The van der Waals surface area contributed by atoms with E-state index >= 15 is 0 Å². The Balaban J connectivity index is 3.10. The van der Waals surface area contributed by atoms with Gasteiger partial charge in [-0.05, 0) is 31.5 Å². The van der Waals surface area contributed by atoms with Gasteiger partial charge in [-0.2, -0.15) is 0 Å². The molecular formula is C16H26N2O5S. The van der Waals surface area contributed by atoms with Crippen LogP contribution in [0.25, 0.3) is 0 Å². The van der Waals surface area contributed by atoms with Crippen LogP contribution in [0.5, 0.6) is 0 Å². The summed E-state index contributed by atoms with van der Waals surface area (Å²) in [7, 11) is -2.38. The van der Waals surface area contributed by atoms with E-state index in [2.05, 4.69) is 17.0 Å². The highest BCUT2D eigenvalue weighted by molar-refractivity contribution is 7.89. The number of rotatable bonds is 11. The first-order valence-electron chi connectivity index (χ1n) is 7.94. The Morgan fingerprint density at radius 3 is 2.62 bits per heavy atom. The van der Waals surface area contributed by atoms with Crippen LogP contribution in [0.4, 0.5) is 5.69 Å². The highest BCUT2D eigenvalue weighted by Gasteiger charge is 2.22. The molecule has 136 valence electrons. The summed E-state index contributed by atoms with van der Waals surface area (Å²) in [6.45, 7) is 4.60. The lowest BCUT2D eigenvalue weighted by Crippen LogP contribution is -2.36. The first kappa shape index (κ1) is 20.4. The van der Waals surface area contributed by atoms with Crippen molar-refractivity contribution in [2.45, 2.75) is 44.0 Å². The summed E-state index contributed by atoms with van der Waals surface area (Å²) >= 11 is 0. The third-order valence-corrected chi connectivity index (χ3v) is 5.02. The van der Waals surface area contributed by atoms with Crippen molar-refractivity contribution in [2.24, 2.45) is 0 Å². The molecule has 0 amide bonds. The molecule has 0 heterocycles. The lowest BCUT2D eigenvalue weighted by Gasteiger charge is -2.17. The Labute approximate surface area is 143 Å². The summed E-state index contributed by atoms with van der Waals surface area (Å²) in [5, 5.41) is 12.2. The fourth-order valence-corrected chi connectivity index (χ4v) is 3.67. The van der Waals surface area contributed by atoms with Crippen molar-refractivity contribution in [2.75, 3.05) is 25.6 Å². The maximum atomic E-state index is 12.6. The fraction of sp³-hybridized carbons (Fsp3) is 0.562. The van der Waals surface area contributed by atoms with E-state index in [-0.39, 0.29) is 17.1 Å². The smallest absolute Gasteiger partial charge is 0.335 e. The van der Waals surface area contributed by atoms with Crippen molar-refractivity contribution in [1.82, 2.24) is 4.72 Å². The molecule has 0 fully saturated rings. The molecule has 7 nitrogen and oxygen atoms in total. The molecule has 0 spiro atoms. The number of ether oxygens (including phenoxy) is 1. The van der Waals surface area contributed by atoms with E-state index in [4.69, 9.17) is 9.84 Å². The van der Waals surface area contributed by atoms with Crippen LogP contribution in [-0.2, 0) is 14.8 Å². The van der Waals surface area contributed by atoms with E-state index in [0.717, 1.165) is 19.3 Å². The van der Waals surface area contributed by atoms with E-state index in [9.17, 15) is 13.2 Å². The maximum Gasteiger partial charge on any atom is 0.335 e. The van der Waals surface area contributed by atoms with E-state index in [0.29, 0.717) is 12.2 Å². The number of anilines is 1. The molecule has 1 atom stereocenters. The molecule has 1 aromatic carbocycles. The van der Waals surface area contributed by atoms with Crippen LogP contribution in [0.15, 0.2) is 23.1 Å². The van der Waals surface area contributed by atoms with Crippen molar-refractivity contribution in [3.63, 3.8) is 0 Å². The molecule has 1 aromatic rings. The van der Waals surface area contributed by atoms with Gasteiger partial charge >= 0.3 is 5.97 Å². The standard InChI is InChI=1S/C16H26N2O5S/c1-4-5-6-9-17-14-8-7-13(16(19)20)10-15(14)24(21,22)18-12(2)11-23-3/h7-8,10,12,17-18H,4-6,9,11H2,1-3H3,(H,19,20)/t12-/m1/s1. The third kappa shape index (κ3) is 6.10. The zero-order valence-electron chi connectivity index (χ0n) is 14.3. The SMILES string of the molecule is CCCCCNc1ccc(C(=O)O)cc1S(=O)(=O)N[C@H](C)COC. The minimum absolute atomic E-state index is 0.0677. The van der Waals surface area contributed by atoms with Gasteiger partial charge in [-0.1, -0.05) is 19.8 Å². The van der Waals surface area contributed by atoms with Crippen LogP contribution in [0.1, 0.15) is 43.5 Å². The van der Waals surface area contributed by atoms with E-state index in [1.807, 2.05) is 0 Å². The maximum absolute atomic E-state index is 12.6. The molecular weight excluding hydrogens is 332 g/mol. The number of methoxy groups -OCH3 is 1. The molecule has 0 aliphatic heterocycles. The van der Waals surface area contributed by atoms with Gasteiger partial charge in [0.25, 0.3) is 0 Å². The summed E-state index contributed by atoms with van der Waals surface area (Å²) in [6, 6.07) is 3.63. The van der Waals surface area contributed by atoms with Gasteiger partial charge in [0.2, 0.25) is 10.0 Å². The second-order valence-corrected chi connectivity index (χ2v) is 7.31. The number of sulfonamides is 1. The highest BCUT2D eigenvalue weighted by atomic mass is 32.2. The quantitative estimate of drug-likeness (QED) is 0.524. The Hall–Kier alpha value is -1.64. The predicted octanol–water partition coefficient (Wildman–Crippen LogP) is 2.30. The number of benzene rings is 1. The number of nitrogens with one attached hydrogen (secondary N) is 2. The van der Waals surface area contributed by atoms with Crippen molar-refractivity contribution < 1.29 is 23.1 Å². The number of carboxylic acids is 1. The van der Waals surface area contributed by atoms with Crippen molar-refractivity contribution in [3.8, 4) is 0 Å². The van der Waals surface area contributed by atoms with Crippen molar-refractivity contribution in [1.29, 1.82) is 0 Å². The van der Waals surface area contributed by atoms with Gasteiger partial charge < -0.3 is 15.2 Å². The van der Waals surface area contributed by atoms with Gasteiger partial charge in [0.05, 0.1) is 17.9 Å². The van der Waals surface area contributed by atoms with Gasteiger partial charge in [-0.15, -0.1) is 0 Å². The topological polar surface area (TPSA) is 105 Å². The number of carbonyl (C=O) groups is 1. The summed E-state index contributed by atoms with van der Waals surface area (Å²) < 4.78 is 32.6. The molecule has 0 aliphatic rings. The zero-order chi connectivity index (χ0) is 18.2. The number of unbranched alkanes of at least 4 members (excludes halogenated alkanes) is 2. The summed E-state index contributed by atoms with van der Waals surface area (Å²) in [4.78, 5) is 11.1. The highest BCUT2D eigenvalue weighted by Crippen LogP contribution is 2.23. The second-order valence-electron chi connectivity index (χ2n) is 5.63. The van der Waals surface area contributed by atoms with Crippen molar-refractivity contribution in [3.05, 3.63) is 23.8 Å². The van der Waals surface area contributed by atoms with E-state index in [1.54, 1.807) is 6.92 Å². The molecule has 0 saturated heterocycles. The zero-order valence-corrected chi connectivity index (χ0v) is 15.1. The summed E-state index contributed by atoms with van der Waals surface area (Å²) in [6.07, 6.45) is 3.00. The first-order valence-corrected chi connectivity index (χ1v) is 9.42. The monoisotopic (exact) mass is 358 g/mol. The molecule has 0 bridgehead atoms. The van der Waals surface area contributed by atoms with Crippen LogP contribution in [0, 0.1) is 0 Å². The summed E-state index contributed by atoms with van der Waals surface area (Å²) in [5.74, 6) is -1.17. The van der Waals surface area contributed by atoms with Gasteiger partial charge in [-0.25, -0.2) is 17.9 Å². The molecule has 0 saturated carbocycles. The number of hydrogen-bond donors (Lipinski definition) is 3. The number of hydrogen-bond acceptors (Lipinski definition) is 5. The van der Waals surface area contributed by atoms with Crippen molar-refractivity contribution >= 4 is 21.7 Å². The molecule has 8 heteroatoms. The van der Waals surface area contributed by atoms with Gasteiger partial charge in [0.15, 0.2) is 0 Å². The Morgan fingerprint density at radius 2 is 2.04 bits per heavy atom. The molecule has 24 heavy (non-hydrogen) atoms. The van der Waals surface area contributed by atoms with Crippen LogP contribution >= 0.6 is 0 Å². The Bertz CT molecular complexity index is 646. The Kier molecular flexibility index (Phi) is 8.17. The average molecular weight is 358 g/mol. The molecule has 0 radical (unpaired) electrons. The molecule has 3 N–H and O–H groups in total. The largest absolute Gasteiger partial charge is 0.478 e. The predicted molar refractivity (Wildman–Crippen MR) is 93.1 cm³/mol. The minimum Gasteiger partial charge on any atom is -0.478 e. The normalized spacial score (nSPS) is 12.8. The van der Waals surface area contributed by atoms with E-state index < -0.39 is 22.0 Å². The number of carboxylic acid groups (broad SMARTS) is 1. The van der Waals surface area contributed by atoms with Crippen LogP contribution < -0.4 is 10.0 Å². The molecule has 0 unspecified atom stereocenters. The lowest BCUT2D eigenvalue weighted by atomic mass is 10.2. The minimum atomic E-state index is -3.87. The fourth-order valence-electron chi connectivity index (χ4n) is 2.23. The van der Waals surface area contributed by atoms with Gasteiger partial charge in [-0.3, -0.25) is 0 Å². The van der Waals surface area contributed by atoms with Crippen LogP contribution in [0.2, 0.25) is 0 Å². The van der Waals surface area contributed by atoms with E-state index in [1.165, 1.54) is 25.3 Å².